The van der Waals surface area contributed by atoms with Gasteiger partial charge in [-0.25, -0.2) is 0 Å². The van der Waals surface area contributed by atoms with Gasteiger partial charge in [-0.3, -0.25) is 0 Å². The second-order valence-electron chi connectivity index (χ2n) is 5.73. The summed E-state index contributed by atoms with van der Waals surface area (Å²) >= 11 is 0. The molecule has 2 nitrogen and oxygen atoms in total. The Morgan fingerprint density at radius 2 is 1.76 bits per heavy atom. The molecular formula is C15H25NO. The molecule has 2 atom stereocenters. The normalized spacial score (nSPS) is 15.6. The topological polar surface area (TPSA) is 32.3 Å². The maximum Gasteiger partial charge on any atom is 0.0446 e. The highest BCUT2D eigenvalue weighted by Crippen LogP contribution is 2.24. The summed E-state index contributed by atoms with van der Waals surface area (Å²) in [6, 6.07) is 11.1. The molecule has 0 aromatic heterocycles. The highest BCUT2D eigenvalue weighted by molar-refractivity contribution is 5.18. The predicted molar refractivity (Wildman–Crippen MR) is 72.9 cm³/mol. The lowest BCUT2D eigenvalue weighted by Gasteiger charge is -2.34. The van der Waals surface area contributed by atoms with Crippen LogP contribution >= 0.6 is 0 Å². The van der Waals surface area contributed by atoms with Crippen molar-refractivity contribution in [1.29, 1.82) is 0 Å². The fourth-order valence-electron chi connectivity index (χ4n) is 2.04. The van der Waals surface area contributed by atoms with E-state index in [1.807, 2.05) is 6.07 Å². The van der Waals surface area contributed by atoms with E-state index >= 15 is 0 Å². The van der Waals surface area contributed by atoms with Crippen LogP contribution < -0.4 is 5.32 Å². The number of aliphatic hydroxyl groups excluding tert-OH is 1. The first-order chi connectivity index (χ1) is 7.95. The SMILES string of the molecule is CC(NC(CCO)C(C)(C)C)c1ccccc1. The summed E-state index contributed by atoms with van der Waals surface area (Å²) in [5, 5.41) is 12.8. The molecule has 0 spiro atoms. The van der Waals surface area contributed by atoms with Gasteiger partial charge in [-0.15, -0.1) is 0 Å². The molecule has 0 fully saturated rings. The summed E-state index contributed by atoms with van der Waals surface area (Å²) < 4.78 is 0. The molecule has 2 unspecified atom stereocenters. The van der Waals surface area contributed by atoms with Crippen LogP contribution in [0.1, 0.15) is 45.7 Å². The van der Waals surface area contributed by atoms with E-state index in [0.29, 0.717) is 12.1 Å². The number of hydrogen-bond acceptors (Lipinski definition) is 2. The Labute approximate surface area is 105 Å². The summed E-state index contributed by atoms with van der Waals surface area (Å²) in [5.41, 5.74) is 1.45. The van der Waals surface area contributed by atoms with Gasteiger partial charge in [-0.2, -0.15) is 0 Å². The van der Waals surface area contributed by atoms with Gasteiger partial charge >= 0.3 is 0 Å². The number of hydrogen-bond donors (Lipinski definition) is 2. The van der Waals surface area contributed by atoms with Crippen LogP contribution in [0.15, 0.2) is 30.3 Å². The van der Waals surface area contributed by atoms with Crippen LogP contribution in [-0.2, 0) is 0 Å². The lowest BCUT2D eigenvalue weighted by Crippen LogP contribution is -2.42. The average molecular weight is 235 g/mol. The molecule has 0 bridgehead atoms. The lowest BCUT2D eigenvalue weighted by molar-refractivity contribution is 0.188. The van der Waals surface area contributed by atoms with Crippen LogP contribution in [0.3, 0.4) is 0 Å². The van der Waals surface area contributed by atoms with Crippen molar-refractivity contribution >= 4 is 0 Å². The average Bonchev–Trinajstić information content (AvgIpc) is 2.28. The summed E-state index contributed by atoms with van der Waals surface area (Å²) in [4.78, 5) is 0. The third-order valence-electron chi connectivity index (χ3n) is 3.21. The first-order valence-electron chi connectivity index (χ1n) is 6.37. The van der Waals surface area contributed by atoms with Gasteiger partial charge in [0, 0.05) is 18.7 Å². The van der Waals surface area contributed by atoms with Crippen LogP contribution in [-0.4, -0.2) is 17.8 Å². The molecule has 1 rings (SSSR count). The van der Waals surface area contributed by atoms with Gasteiger partial charge in [0.05, 0.1) is 0 Å². The highest BCUT2D eigenvalue weighted by Gasteiger charge is 2.25. The van der Waals surface area contributed by atoms with Crippen molar-refractivity contribution in [3.63, 3.8) is 0 Å². The van der Waals surface area contributed by atoms with E-state index < -0.39 is 0 Å². The minimum atomic E-state index is 0.159. The standard InChI is InChI=1S/C15H25NO/c1-12(13-8-6-5-7-9-13)16-14(10-11-17)15(2,3)4/h5-9,12,14,16-17H,10-11H2,1-4H3. The monoisotopic (exact) mass is 235 g/mol. The molecule has 0 aliphatic carbocycles. The molecule has 0 saturated carbocycles. The van der Waals surface area contributed by atoms with Gasteiger partial charge in [0.2, 0.25) is 0 Å². The largest absolute Gasteiger partial charge is 0.396 e. The molecule has 0 saturated heterocycles. The smallest absolute Gasteiger partial charge is 0.0446 e. The first-order valence-corrected chi connectivity index (χ1v) is 6.37. The van der Waals surface area contributed by atoms with Gasteiger partial charge in [0.1, 0.15) is 0 Å². The molecular weight excluding hydrogens is 210 g/mol. The van der Waals surface area contributed by atoms with Crippen LogP contribution in [0.4, 0.5) is 0 Å². The Bertz CT molecular complexity index is 315. The fraction of sp³-hybridized carbons (Fsp3) is 0.600. The number of benzene rings is 1. The zero-order valence-corrected chi connectivity index (χ0v) is 11.4. The Hall–Kier alpha value is -0.860. The van der Waals surface area contributed by atoms with E-state index in [1.165, 1.54) is 5.56 Å². The second kappa shape index (κ2) is 6.18. The quantitative estimate of drug-likeness (QED) is 0.822. The maximum absolute atomic E-state index is 9.14. The molecule has 0 amide bonds. The minimum absolute atomic E-state index is 0.159. The molecule has 2 N–H and O–H groups in total. The van der Waals surface area contributed by atoms with Gasteiger partial charge in [-0.1, -0.05) is 51.1 Å². The van der Waals surface area contributed by atoms with E-state index in [1.54, 1.807) is 0 Å². The maximum atomic E-state index is 9.14. The van der Waals surface area contributed by atoms with Crippen molar-refractivity contribution in [3.8, 4) is 0 Å². The Balaban J connectivity index is 2.68. The summed E-state index contributed by atoms with van der Waals surface area (Å²) in [5.74, 6) is 0. The Morgan fingerprint density at radius 3 is 2.24 bits per heavy atom. The van der Waals surface area contributed by atoms with Crippen LogP contribution in [0.5, 0.6) is 0 Å². The third-order valence-corrected chi connectivity index (χ3v) is 3.21. The van der Waals surface area contributed by atoms with Crippen LogP contribution in [0, 0.1) is 5.41 Å². The molecule has 0 aliphatic heterocycles. The molecule has 0 aliphatic rings. The van der Waals surface area contributed by atoms with E-state index in [-0.39, 0.29) is 12.0 Å². The molecule has 0 radical (unpaired) electrons. The molecule has 1 aromatic rings. The van der Waals surface area contributed by atoms with Gasteiger partial charge in [0.15, 0.2) is 0 Å². The van der Waals surface area contributed by atoms with Crippen molar-refractivity contribution < 1.29 is 5.11 Å². The van der Waals surface area contributed by atoms with E-state index in [2.05, 4.69) is 57.3 Å². The first kappa shape index (κ1) is 14.2. The Morgan fingerprint density at radius 1 is 1.18 bits per heavy atom. The van der Waals surface area contributed by atoms with Crippen LogP contribution in [0.25, 0.3) is 0 Å². The fourth-order valence-corrected chi connectivity index (χ4v) is 2.04. The van der Waals surface area contributed by atoms with E-state index in [4.69, 9.17) is 5.11 Å². The molecule has 2 heteroatoms. The van der Waals surface area contributed by atoms with E-state index in [0.717, 1.165) is 6.42 Å². The third kappa shape index (κ3) is 4.49. The van der Waals surface area contributed by atoms with E-state index in [9.17, 15) is 0 Å². The molecule has 0 heterocycles. The van der Waals surface area contributed by atoms with Crippen molar-refractivity contribution in [1.82, 2.24) is 5.32 Å². The predicted octanol–water partition coefficient (Wildman–Crippen LogP) is 3.13. The highest BCUT2D eigenvalue weighted by atomic mass is 16.3. The van der Waals surface area contributed by atoms with Gasteiger partial charge in [-0.05, 0) is 24.3 Å². The second-order valence-corrected chi connectivity index (χ2v) is 5.73. The number of rotatable bonds is 5. The molecule has 96 valence electrons. The van der Waals surface area contributed by atoms with Crippen molar-refractivity contribution in [3.05, 3.63) is 35.9 Å². The number of nitrogens with one attached hydrogen (secondary N) is 1. The van der Waals surface area contributed by atoms with Crippen molar-refractivity contribution in [2.24, 2.45) is 5.41 Å². The molecule has 17 heavy (non-hydrogen) atoms. The molecule has 1 aromatic carbocycles. The Kier molecular flexibility index (Phi) is 5.16. The zero-order valence-electron chi connectivity index (χ0n) is 11.4. The minimum Gasteiger partial charge on any atom is -0.396 e. The van der Waals surface area contributed by atoms with Crippen molar-refractivity contribution in [2.75, 3.05) is 6.61 Å². The van der Waals surface area contributed by atoms with Crippen LogP contribution in [0.2, 0.25) is 0 Å². The lowest BCUT2D eigenvalue weighted by atomic mass is 9.84. The number of aliphatic hydroxyl groups is 1. The summed E-state index contributed by atoms with van der Waals surface area (Å²) in [6.45, 7) is 9.02. The van der Waals surface area contributed by atoms with Gasteiger partial charge < -0.3 is 10.4 Å². The van der Waals surface area contributed by atoms with Crippen molar-refractivity contribution in [2.45, 2.75) is 46.2 Å². The van der Waals surface area contributed by atoms with Gasteiger partial charge in [0.25, 0.3) is 0 Å². The summed E-state index contributed by atoms with van der Waals surface area (Å²) in [6.07, 6.45) is 0.792. The zero-order chi connectivity index (χ0) is 12.9. The summed E-state index contributed by atoms with van der Waals surface area (Å²) in [7, 11) is 0.